The number of thiophene rings is 1. The highest BCUT2D eigenvalue weighted by atomic mass is 32.1. The fraction of sp³-hybridized carbons (Fsp3) is 0.0370. The van der Waals surface area contributed by atoms with Crippen LogP contribution in [0.3, 0.4) is 0 Å². The summed E-state index contributed by atoms with van der Waals surface area (Å²) in [6.45, 7) is 0. The maximum atomic E-state index is 2.31. The van der Waals surface area contributed by atoms with E-state index in [9.17, 15) is 0 Å². The molecular formula is C27H16S. The molecule has 0 radical (unpaired) electrons. The van der Waals surface area contributed by atoms with Crippen LogP contribution in [0, 0.1) is 0 Å². The molecule has 1 aliphatic rings. The number of hydrogen-bond donors (Lipinski definition) is 0. The van der Waals surface area contributed by atoms with Gasteiger partial charge in [-0.25, -0.2) is 0 Å². The van der Waals surface area contributed by atoms with E-state index >= 15 is 0 Å². The standard InChI is InChI=1S/C27H16S/c1-3-9-18-16(7-1)13-14-23-25(18)26-21-12-6-5-11-20(21)22-15-17-8-2-4-10-19(17)24(22)27(26)28-23/h1-14H,15H2. The predicted octanol–water partition coefficient (Wildman–Crippen LogP) is 7.93. The van der Waals surface area contributed by atoms with Gasteiger partial charge in [-0.05, 0) is 50.7 Å². The summed E-state index contributed by atoms with van der Waals surface area (Å²) >= 11 is 1.96. The highest BCUT2D eigenvalue weighted by Crippen LogP contribution is 2.51. The molecule has 0 saturated carbocycles. The molecule has 1 aromatic heterocycles. The second-order valence-corrected chi connectivity index (χ2v) is 8.75. The van der Waals surface area contributed by atoms with E-state index in [0.29, 0.717) is 0 Å². The van der Waals surface area contributed by atoms with E-state index in [1.807, 2.05) is 11.3 Å². The zero-order valence-corrected chi connectivity index (χ0v) is 16.0. The quantitative estimate of drug-likeness (QED) is 0.253. The van der Waals surface area contributed by atoms with Gasteiger partial charge < -0.3 is 0 Å². The lowest BCUT2D eigenvalue weighted by Gasteiger charge is -2.10. The normalized spacial score (nSPS) is 12.9. The number of fused-ring (bicyclic) bond motifs is 12. The van der Waals surface area contributed by atoms with Gasteiger partial charge in [0, 0.05) is 25.7 Å². The first-order valence-corrected chi connectivity index (χ1v) is 10.6. The zero-order chi connectivity index (χ0) is 18.2. The second-order valence-electron chi connectivity index (χ2n) is 7.70. The van der Waals surface area contributed by atoms with Gasteiger partial charge in [-0.1, -0.05) is 78.9 Å². The van der Waals surface area contributed by atoms with Crippen molar-refractivity contribution in [1.82, 2.24) is 0 Å². The summed E-state index contributed by atoms with van der Waals surface area (Å²) in [5.74, 6) is 0. The molecule has 5 aromatic carbocycles. The van der Waals surface area contributed by atoms with Crippen LogP contribution in [0.2, 0.25) is 0 Å². The second kappa shape index (κ2) is 5.21. The van der Waals surface area contributed by atoms with Crippen molar-refractivity contribution in [2.45, 2.75) is 6.42 Å². The average molecular weight is 372 g/mol. The summed E-state index contributed by atoms with van der Waals surface area (Å²) in [6.07, 6.45) is 1.04. The Labute approximate surface area is 166 Å². The lowest BCUT2D eigenvalue weighted by Crippen LogP contribution is -1.86. The highest BCUT2D eigenvalue weighted by Gasteiger charge is 2.26. The van der Waals surface area contributed by atoms with E-state index < -0.39 is 0 Å². The molecule has 7 rings (SSSR count). The third-order valence-electron chi connectivity index (χ3n) is 6.28. The number of hydrogen-bond acceptors (Lipinski definition) is 1. The molecule has 130 valence electrons. The van der Waals surface area contributed by atoms with Gasteiger partial charge in [-0.3, -0.25) is 0 Å². The highest BCUT2D eigenvalue weighted by molar-refractivity contribution is 7.26. The summed E-state index contributed by atoms with van der Waals surface area (Å²) < 4.78 is 2.83. The van der Waals surface area contributed by atoms with Gasteiger partial charge in [-0.2, -0.15) is 0 Å². The maximum Gasteiger partial charge on any atom is 0.0443 e. The van der Waals surface area contributed by atoms with E-state index in [2.05, 4.69) is 84.9 Å². The Bertz CT molecular complexity index is 1580. The van der Waals surface area contributed by atoms with Crippen molar-refractivity contribution in [3.05, 3.63) is 96.1 Å². The summed E-state index contributed by atoms with van der Waals surface area (Å²) in [7, 11) is 0. The molecule has 0 aliphatic heterocycles. The molecular weight excluding hydrogens is 356 g/mol. The number of benzene rings is 5. The Hall–Kier alpha value is -3.16. The van der Waals surface area contributed by atoms with Crippen molar-refractivity contribution in [3.63, 3.8) is 0 Å². The topological polar surface area (TPSA) is 0 Å². The van der Waals surface area contributed by atoms with Gasteiger partial charge in [0.15, 0.2) is 0 Å². The minimum atomic E-state index is 1.04. The van der Waals surface area contributed by atoms with Crippen molar-refractivity contribution in [2.24, 2.45) is 0 Å². The van der Waals surface area contributed by atoms with E-state index in [0.717, 1.165) is 6.42 Å². The Morgan fingerprint density at radius 3 is 2.29 bits per heavy atom. The third-order valence-corrected chi connectivity index (χ3v) is 7.46. The summed E-state index contributed by atoms with van der Waals surface area (Å²) in [5, 5.41) is 8.34. The molecule has 0 fully saturated rings. The Balaban J connectivity index is 1.82. The summed E-state index contributed by atoms with van der Waals surface area (Å²) in [5.41, 5.74) is 5.84. The van der Waals surface area contributed by atoms with Crippen LogP contribution in [0.25, 0.3) is 52.8 Å². The first-order valence-electron chi connectivity index (χ1n) is 9.76. The Kier molecular flexibility index (Phi) is 2.76. The first-order chi connectivity index (χ1) is 13.9. The SMILES string of the molecule is c1ccc2c(c1)Cc1c-2c2sc3ccc4ccccc4c3c2c2ccccc12. The van der Waals surface area contributed by atoms with Crippen LogP contribution in [0.4, 0.5) is 0 Å². The van der Waals surface area contributed by atoms with Crippen LogP contribution in [-0.2, 0) is 6.42 Å². The Morgan fingerprint density at radius 2 is 1.36 bits per heavy atom. The van der Waals surface area contributed by atoms with Crippen molar-refractivity contribution in [2.75, 3.05) is 0 Å². The van der Waals surface area contributed by atoms with E-state index in [1.165, 1.54) is 64.0 Å². The van der Waals surface area contributed by atoms with Gasteiger partial charge >= 0.3 is 0 Å². The van der Waals surface area contributed by atoms with E-state index in [1.54, 1.807) is 0 Å². The monoisotopic (exact) mass is 372 g/mol. The van der Waals surface area contributed by atoms with Gasteiger partial charge in [0.2, 0.25) is 0 Å². The average Bonchev–Trinajstić information content (AvgIpc) is 3.33. The molecule has 0 spiro atoms. The third kappa shape index (κ3) is 1.75. The van der Waals surface area contributed by atoms with E-state index in [-0.39, 0.29) is 0 Å². The lowest BCUT2D eigenvalue weighted by atomic mass is 9.93. The van der Waals surface area contributed by atoms with Crippen LogP contribution in [0.1, 0.15) is 11.1 Å². The van der Waals surface area contributed by atoms with Crippen molar-refractivity contribution >= 4 is 53.1 Å². The summed E-state index contributed by atoms with van der Waals surface area (Å²) in [6, 6.07) is 31.3. The van der Waals surface area contributed by atoms with Gasteiger partial charge in [0.1, 0.15) is 0 Å². The van der Waals surface area contributed by atoms with Gasteiger partial charge in [0.25, 0.3) is 0 Å². The zero-order valence-electron chi connectivity index (χ0n) is 15.2. The van der Waals surface area contributed by atoms with Crippen LogP contribution in [-0.4, -0.2) is 0 Å². The lowest BCUT2D eigenvalue weighted by molar-refractivity contribution is 1.29. The van der Waals surface area contributed by atoms with Crippen LogP contribution in [0.5, 0.6) is 0 Å². The maximum absolute atomic E-state index is 2.31. The van der Waals surface area contributed by atoms with Crippen LogP contribution >= 0.6 is 11.3 Å². The fourth-order valence-electron chi connectivity index (χ4n) is 5.12. The molecule has 28 heavy (non-hydrogen) atoms. The fourth-order valence-corrected chi connectivity index (χ4v) is 6.43. The Morgan fingerprint density at radius 1 is 0.607 bits per heavy atom. The molecule has 1 heteroatoms. The molecule has 0 bridgehead atoms. The van der Waals surface area contributed by atoms with E-state index in [4.69, 9.17) is 0 Å². The molecule has 1 heterocycles. The van der Waals surface area contributed by atoms with Crippen LogP contribution in [0.15, 0.2) is 84.9 Å². The molecule has 0 amide bonds. The smallest absolute Gasteiger partial charge is 0.0443 e. The largest absolute Gasteiger partial charge is 0.134 e. The molecule has 0 N–H and O–H groups in total. The predicted molar refractivity (Wildman–Crippen MR) is 123 cm³/mol. The first kappa shape index (κ1) is 14.8. The number of rotatable bonds is 0. The molecule has 0 atom stereocenters. The van der Waals surface area contributed by atoms with Crippen molar-refractivity contribution in [1.29, 1.82) is 0 Å². The van der Waals surface area contributed by atoms with Gasteiger partial charge in [0.05, 0.1) is 0 Å². The van der Waals surface area contributed by atoms with Gasteiger partial charge in [-0.15, -0.1) is 11.3 Å². The van der Waals surface area contributed by atoms with Crippen LogP contribution < -0.4 is 0 Å². The molecule has 0 saturated heterocycles. The van der Waals surface area contributed by atoms with Crippen molar-refractivity contribution < 1.29 is 0 Å². The minimum Gasteiger partial charge on any atom is -0.134 e. The molecule has 1 aliphatic carbocycles. The minimum absolute atomic E-state index is 1.04. The summed E-state index contributed by atoms with van der Waals surface area (Å²) in [4.78, 5) is 0. The molecule has 0 unspecified atom stereocenters. The van der Waals surface area contributed by atoms with Crippen molar-refractivity contribution in [3.8, 4) is 11.1 Å². The molecule has 0 nitrogen and oxygen atoms in total. The molecule has 6 aromatic rings.